The maximum atomic E-state index is 12.5. The first-order chi connectivity index (χ1) is 13.5. The van der Waals surface area contributed by atoms with E-state index in [1.54, 1.807) is 25.1 Å². The fourth-order valence-corrected chi connectivity index (χ4v) is 3.78. The van der Waals surface area contributed by atoms with Gasteiger partial charge in [0.2, 0.25) is 5.91 Å². The second kappa shape index (κ2) is 9.85. The lowest BCUT2D eigenvalue weighted by molar-refractivity contribution is -0.123. The summed E-state index contributed by atoms with van der Waals surface area (Å²) in [5, 5.41) is 5.85. The summed E-state index contributed by atoms with van der Waals surface area (Å²) in [5.74, 6) is -0.383. The van der Waals surface area contributed by atoms with Crippen LogP contribution >= 0.6 is 15.9 Å². The number of hydrogen-bond donors (Lipinski definition) is 2. The van der Waals surface area contributed by atoms with Gasteiger partial charge in [-0.3, -0.25) is 14.5 Å². The van der Waals surface area contributed by atoms with Crippen molar-refractivity contribution < 1.29 is 9.59 Å². The van der Waals surface area contributed by atoms with E-state index in [4.69, 9.17) is 0 Å². The number of amides is 2. The molecule has 1 heterocycles. The van der Waals surface area contributed by atoms with Gasteiger partial charge in [0, 0.05) is 35.7 Å². The van der Waals surface area contributed by atoms with Crippen LogP contribution < -0.4 is 10.6 Å². The van der Waals surface area contributed by atoms with Crippen LogP contribution in [-0.4, -0.2) is 41.9 Å². The summed E-state index contributed by atoms with van der Waals surface area (Å²) in [7, 11) is 0. The summed E-state index contributed by atoms with van der Waals surface area (Å²) in [4.78, 5) is 27.2. The monoisotopic (exact) mass is 443 g/mol. The zero-order valence-electron chi connectivity index (χ0n) is 16.0. The highest BCUT2D eigenvalue weighted by Crippen LogP contribution is 2.14. The Morgan fingerprint density at radius 3 is 2.50 bits per heavy atom. The zero-order valence-corrected chi connectivity index (χ0v) is 17.6. The highest BCUT2D eigenvalue weighted by molar-refractivity contribution is 9.10. The molecule has 1 atom stereocenters. The van der Waals surface area contributed by atoms with Crippen molar-refractivity contribution in [1.29, 1.82) is 0 Å². The molecule has 0 bridgehead atoms. The lowest BCUT2D eigenvalue weighted by atomic mass is 10.0. The average Bonchev–Trinajstić information content (AvgIpc) is 2.70. The third kappa shape index (κ3) is 5.91. The molecule has 6 heteroatoms. The number of hydrogen-bond acceptors (Lipinski definition) is 3. The summed E-state index contributed by atoms with van der Waals surface area (Å²) in [6.45, 7) is 4.58. The Bertz CT molecular complexity index is 804. The van der Waals surface area contributed by atoms with Crippen molar-refractivity contribution >= 4 is 27.7 Å². The molecule has 5 nitrogen and oxygen atoms in total. The predicted octanol–water partition coefficient (Wildman–Crippen LogP) is 3.35. The van der Waals surface area contributed by atoms with E-state index in [2.05, 4.69) is 55.7 Å². The van der Waals surface area contributed by atoms with Gasteiger partial charge >= 0.3 is 0 Å². The van der Waals surface area contributed by atoms with Crippen LogP contribution in [-0.2, 0) is 11.3 Å². The van der Waals surface area contributed by atoms with Gasteiger partial charge in [-0.05, 0) is 43.5 Å². The first-order valence-corrected chi connectivity index (χ1v) is 10.4. The molecular formula is C22H26BrN3O2. The second-order valence-corrected chi connectivity index (χ2v) is 8.17. The number of rotatable bonds is 6. The Labute approximate surface area is 174 Å². The molecule has 0 saturated carbocycles. The van der Waals surface area contributed by atoms with Crippen LogP contribution in [0.4, 0.5) is 0 Å². The number of nitrogens with one attached hydrogen (secondary N) is 2. The maximum absolute atomic E-state index is 12.5. The van der Waals surface area contributed by atoms with E-state index < -0.39 is 6.04 Å². The van der Waals surface area contributed by atoms with Crippen molar-refractivity contribution in [2.75, 3.05) is 13.1 Å². The van der Waals surface area contributed by atoms with Crippen molar-refractivity contribution in [3.63, 3.8) is 0 Å². The molecule has 0 aromatic heterocycles. The third-order valence-electron chi connectivity index (χ3n) is 5.01. The largest absolute Gasteiger partial charge is 0.351 e. The van der Waals surface area contributed by atoms with Crippen LogP contribution in [0, 0.1) is 0 Å². The van der Waals surface area contributed by atoms with Crippen LogP contribution in [0.2, 0.25) is 0 Å². The number of benzene rings is 2. The molecule has 3 rings (SSSR count). The normalized spacial score (nSPS) is 16.4. The molecule has 2 aromatic carbocycles. The molecule has 1 saturated heterocycles. The van der Waals surface area contributed by atoms with Crippen molar-refractivity contribution in [3.8, 4) is 0 Å². The fourth-order valence-electron chi connectivity index (χ4n) is 3.38. The molecule has 0 radical (unpaired) electrons. The van der Waals surface area contributed by atoms with E-state index in [9.17, 15) is 9.59 Å². The van der Waals surface area contributed by atoms with Crippen molar-refractivity contribution in [2.24, 2.45) is 0 Å². The van der Waals surface area contributed by atoms with Gasteiger partial charge in [-0.1, -0.05) is 52.3 Å². The molecule has 2 amide bonds. The predicted molar refractivity (Wildman–Crippen MR) is 114 cm³/mol. The van der Waals surface area contributed by atoms with E-state index >= 15 is 0 Å². The number of halogens is 1. The number of carbonyl (C=O) groups is 2. The Morgan fingerprint density at radius 1 is 1.11 bits per heavy atom. The molecule has 28 heavy (non-hydrogen) atoms. The molecule has 1 aliphatic rings. The Kier molecular flexibility index (Phi) is 7.23. The number of nitrogens with zero attached hydrogens (tertiary/aromatic N) is 1. The molecule has 0 spiro atoms. The van der Waals surface area contributed by atoms with Gasteiger partial charge in [0.1, 0.15) is 6.04 Å². The zero-order chi connectivity index (χ0) is 19.9. The first kappa shape index (κ1) is 20.6. The van der Waals surface area contributed by atoms with Crippen LogP contribution in [0.15, 0.2) is 59.1 Å². The molecule has 0 aliphatic carbocycles. The van der Waals surface area contributed by atoms with Crippen LogP contribution in [0.25, 0.3) is 0 Å². The van der Waals surface area contributed by atoms with Gasteiger partial charge in [0.25, 0.3) is 5.91 Å². The SMILES string of the molecule is CC(NC(=O)c1cccc(Br)c1)C(=O)NC1CCN(Cc2ccccc2)CC1. The summed E-state index contributed by atoms with van der Waals surface area (Å²) < 4.78 is 0.833. The van der Waals surface area contributed by atoms with E-state index in [0.717, 1.165) is 36.9 Å². The van der Waals surface area contributed by atoms with Gasteiger partial charge < -0.3 is 10.6 Å². The minimum Gasteiger partial charge on any atom is -0.351 e. The smallest absolute Gasteiger partial charge is 0.251 e. The van der Waals surface area contributed by atoms with Crippen molar-refractivity contribution in [3.05, 3.63) is 70.2 Å². The fraction of sp³-hybridized carbons (Fsp3) is 0.364. The van der Waals surface area contributed by atoms with Gasteiger partial charge in [-0.2, -0.15) is 0 Å². The van der Waals surface area contributed by atoms with E-state index in [0.29, 0.717) is 5.56 Å². The maximum Gasteiger partial charge on any atom is 0.251 e. The van der Waals surface area contributed by atoms with Gasteiger partial charge in [-0.15, -0.1) is 0 Å². The molecule has 1 unspecified atom stereocenters. The summed E-state index contributed by atoms with van der Waals surface area (Å²) >= 11 is 3.35. The number of carbonyl (C=O) groups excluding carboxylic acids is 2. The van der Waals surface area contributed by atoms with E-state index in [1.807, 2.05) is 12.1 Å². The lowest BCUT2D eigenvalue weighted by Crippen LogP contribution is -2.51. The molecular weight excluding hydrogens is 418 g/mol. The van der Waals surface area contributed by atoms with Crippen LogP contribution in [0.1, 0.15) is 35.7 Å². The minimum atomic E-state index is -0.575. The Morgan fingerprint density at radius 2 is 1.82 bits per heavy atom. The standard InChI is InChI=1S/C22H26BrN3O2/c1-16(24-22(28)18-8-5-9-19(23)14-18)21(27)25-20-10-12-26(13-11-20)15-17-6-3-2-4-7-17/h2-9,14,16,20H,10-13,15H2,1H3,(H,24,28)(H,25,27). The molecule has 1 fully saturated rings. The quantitative estimate of drug-likeness (QED) is 0.719. The molecule has 2 N–H and O–H groups in total. The average molecular weight is 444 g/mol. The topological polar surface area (TPSA) is 61.4 Å². The Hall–Kier alpha value is -2.18. The minimum absolute atomic E-state index is 0.134. The molecule has 2 aromatic rings. The molecule has 1 aliphatic heterocycles. The summed E-state index contributed by atoms with van der Waals surface area (Å²) in [5.41, 5.74) is 1.84. The highest BCUT2D eigenvalue weighted by atomic mass is 79.9. The van der Waals surface area contributed by atoms with E-state index in [1.165, 1.54) is 5.56 Å². The van der Waals surface area contributed by atoms with Gasteiger partial charge in [0.15, 0.2) is 0 Å². The molecule has 148 valence electrons. The second-order valence-electron chi connectivity index (χ2n) is 7.25. The van der Waals surface area contributed by atoms with Gasteiger partial charge in [0.05, 0.1) is 0 Å². The van der Waals surface area contributed by atoms with Crippen molar-refractivity contribution in [1.82, 2.24) is 15.5 Å². The van der Waals surface area contributed by atoms with Crippen LogP contribution in [0.3, 0.4) is 0 Å². The first-order valence-electron chi connectivity index (χ1n) is 9.64. The highest BCUT2D eigenvalue weighted by Gasteiger charge is 2.23. The summed E-state index contributed by atoms with van der Waals surface area (Å²) in [6, 6.07) is 17.1. The van der Waals surface area contributed by atoms with Crippen LogP contribution in [0.5, 0.6) is 0 Å². The Balaban J connectivity index is 1.43. The van der Waals surface area contributed by atoms with Crippen molar-refractivity contribution in [2.45, 2.75) is 38.4 Å². The lowest BCUT2D eigenvalue weighted by Gasteiger charge is -2.33. The number of piperidine rings is 1. The summed E-state index contributed by atoms with van der Waals surface area (Å²) in [6.07, 6.45) is 1.84. The van der Waals surface area contributed by atoms with E-state index in [-0.39, 0.29) is 17.9 Å². The number of likely N-dealkylation sites (tertiary alicyclic amines) is 1. The third-order valence-corrected chi connectivity index (χ3v) is 5.50. The van der Waals surface area contributed by atoms with Gasteiger partial charge in [-0.25, -0.2) is 0 Å².